The molecule has 0 bridgehead atoms. The lowest BCUT2D eigenvalue weighted by molar-refractivity contribution is 0.497. The van der Waals surface area contributed by atoms with E-state index in [1.165, 1.54) is 11.6 Å². The van der Waals surface area contributed by atoms with Gasteiger partial charge in [0, 0.05) is 19.2 Å². The summed E-state index contributed by atoms with van der Waals surface area (Å²) in [4.78, 5) is 8.46. The first kappa shape index (κ1) is 21.9. The summed E-state index contributed by atoms with van der Waals surface area (Å²) in [6.07, 6.45) is 1.72. The van der Waals surface area contributed by atoms with E-state index in [1.54, 1.807) is 26.2 Å². The predicted molar refractivity (Wildman–Crippen MR) is 120 cm³/mol. The van der Waals surface area contributed by atoms with Crippen LogP contribution in [0.5, 0.6) is 0 Å². The van der Waals surface area contributed by atoms with Crippen LogP contribution in [-0.4, -0.2) is 18.0 Å². The standard InChI is InChI=1S/C21H23FN4O.HI/c1-14-4-8-17(9-5-14)19-12-24-20(27-19)13-26-21(23-3)25-11-16-7-6-15(2)18(22)10-16;/h4-10,12H,11,13H2,1-3H3,(H2,23,25,26);1H. The third-order valence-corrected chi connectivity index (χ3v) is 4.22. The van der Waals surface area contributed by atoms with Gasteiger partial charge in [-0.05, 0) is 31.0 Å². The number of aromatic nitrogens is 1. The van der Waals surface area contributed by atoms with Gasteiger partial charge in [0.1, 0.15) is 5.82 Å². The molecule has 0 atom stereocenters. The smallest absolute Gasteiger partial charge is 0.214 e. The second kappa shape index (κ2) is 10.2. The van der Waals surface area contributed by atoms with E-state index in [9.17, 15) is 4.39 Å². The van der Waals surface area contributed by atoms with Gasteiger partial charge in [0.25, 0.3) is 0 Å². The molecule has 3 aromatic rings. The molecule has 0 fully saturated rings. The zero-order valence-corrected chi connectivity index (χ0v) is 18.5. The summed E-state index contributed by atoms with van der Waals surface area (Å²) in [6.45, 7) is 4.65. The number of aliphatic imine (C=N–C) groups is 1. The minimum Gasteiger partial charge on any atom is -0.439 e. The van der Waals surface area contributed by atoms with Gasteiger partial charge in [-0.2, -0.15) is 0 Å². The first-order valence-electron chi connectivity index (χ1n) is 8.76. The summed E-state index contributed by atoms with van der Waals surface area (Å²) in [5, 5.41) is 6.29. The van der Waals surface area contributed by atoms with Crippen molar-refractivity contribution in [1.29, 1.82) is 0 Å². The van der Waals surface area contributed by atoms with Gasteiger partial charge >= 0.3 is 0 Å². The SMILES string of the molecule is CN=C(NCc1ccc(C)c(F)c1)NCc1ncc(-c2ccc(C)cc2)o1.I. The van der Waals surface area contributed by atoms with Gasteiger partial charge in [0.05, 0.1) is 12.7 Å². The molecule has 0 aliphatic carbocycles. The highest BCUT2D eigenvalue weighted by atomic mass is 127. The Morgan fingerprint density at radius 3 is 2.46 bits per heavy atom. The number of aryl methyl sites for hydroxylation is 2. The molecule has 0 radical (unpaired) electrons. The van der Waals surface area contributed by atoms with Gasteiger partial charge in [-0.3, -0.25) is 4.99 Å². The van der Waals surface area contributed by atoms with Crippen LogP contribution < -0.4 is 10.6 Å². The van der Waals surface area contributed by atoms with Crippen LogP contribution in [0.2, 0.25) is 0 Å². The molecule has 0 saturated heterocycles. The van der Waals surface area contributed by atoms with Gasteiger partial charge in [-0.25, -0.2) is 9.37 Å². The molecule has 1 aromatic heterocycles. The minimum absolute atomic E-state index is 0. The Bertz CT molecular complexity index is 938. The fourth-order valence-corrected chi connectivity index (χ4v) is 2.56. The average molecular weight is 494 g/mol. The number of benzene rings is 2. The predicted octanol–water partition coefficient (Wildman–Crippen LogP) is 4.58. The number of hydrogen-bond acceptors (Lipinski definition) is 3. The average Bonchev–Trinajstić information content (AvgIpc) is 3.14. The number of oxazole rings is 1. The first-order valence-corrected chi connectivity index (χ1v) is 8.76. The number of rotatable bonds is 5. The lowest BCUT2D eigenvalue weighted by Gasteiger charge is -2.11. The van der Waals surface area contributed by atoms with Crippen molar-refractivity contribution in [2.45, 2.75) is 26.9 Å². The van der Waals surface area contributed by atoms with E-state index in [2.05, 4.69) is 20.6 Å². The summed E-state index contributed by atoms with van der Waals surface area (Å²) in [5.74, 6) is 1.67. The Kier molecular flexibility index (Phi) is 7.98. The van der Waals surface area contributed by atoms with E-state index in [0.29, 0.717) is 30.5 Å². The van der Waals surface area contributed by atoms with Crippen LogP contribution in [0.4, 0.5) is 4.39 Å². The summed E-state index contributed by atoms with van der Waals surface area (Å²) in [5.41, 5.74) is 3.67. The van der Waals surface area contributed by atoms with Crippen LogP contribution in [0.25, 0.3) is 11.3 Å². The fraction of sp³-hybridized carbons (Fsp3) is 0.238. The zero-order chi connectivity index (χ0) is 19.2. The number of halogens is 2. The van der Waals surface area contributed by atoms with E-state index in [0.717, 1.165) is 16.9 Å². The monoisotopic (exact) mass is 494 g/mol. The first-order chi connectivity index (χ1) is 13.0. The molecule has 148 valence electrons. The van der Waals surface area contributed by atoms with Crippen molar-refractivity contribution in [2.75, 3.05) is 7.05 Å². The van der Waals surface area contributed by atoms with E-state index < -0.39 is 0 Å². The minimum atomic E-state index is -0.208. The van der Waals surface area contributed by atoms with Crippen molar-refractivity contribution in [1.82, 2.24) is 15.6 Å². The normalized spacial score (nSPS) is 11.1. The lowest BCUT2D eigenvalue weighted by atomic mass is 10.1. The molecule has 0 unspecified atom stereocenters. The second-order valence-corrected chi connectivity index (χ2v) is 6.35. The molecule has 5 nitrogen and oxygen atoms in total. The maximum absolute atomic E-state index is 13.6. The maximum Gasteiger partial charge on any atom is 0.214 e. The van der Waals surface area contributed by atoms with E-state index in [-0.39, 0.29) is 29.8 Å². The Balaban J connectivity index is 0.00000280. The fourth-order valence-electron chi connectivity index (χ4n) is 2.56. The molecule has 0 aliphatic rings. The molecule has 2 aromatic carbocycles. The molecule has 2 N–H and O–H groups in total. The topological polar surface area (TPSA) is 62.5 Å². The third kappa shape index (κ3) is 5.79. The van der Waals surface area contributed by atoms with Gasteiger partial charge in [-0.15, -0.1) is 24.0 Å². The zero-order valence-electron chi connectivity index (χ0n) is 16.1. The lowest BCUT2D eigenvalue weighted by Crippen LogP contribution is -2.36. The highest BCUT2D eigenvalue weighted by molar-refractivity contribution is 14.0. The van der Waals surface area contributed by atoms with Crippen LogP contribution in [0.3, 0.4) is 0 Å². The molecule has 0 amide bonds. The second-order valence-electron chi connectivity index (χ2n) is 6.35. The van der Waals surface area contributed by atoms with Crippen molar-refractivity contribution in [2.24, 2.45) is 4.99 Å². The van der Waals surface area contributed by atoms with Crippen molar-refractivity contribution < 1.29 is 8.81 Å². The number of nitrogens with one attached hydrogen (secondary N) is 2. The van der Waals surface area contributed by atoms with Gasteiger partial charge in [0.2, 0.25) is 5.89 Å². The Labute approximate surface area is 181 Å². The molecular formula is C21H24FIN4O. The van der Waals surface area contributed by atoms with Gasteiger partial charge in [-0.1, -0.05) is 42.0 Å². The summed E-state index contributed by atoms with van der Waals surface area (Å²) < 4.78 is 19.4. The van der Waals surface area contributed by atoms with E-state index >= 15 is 0 Å². The Hall–Kier alpha value is -2.42. The van der Waals surface area contributed by atoms with Crippen molar-refractivity contribution in [3.63, 3.8) is 0 Å². The highest BCUT2D eigenvalue weighted by Gasteiger charge is 2.07. The van der Waals surface area contributed by atoms with Crippen LogP contribution in [0.1, 0.15) is 22.6 Å². The van der Waals surface area contributed by atoms with Crippen LogP contribution in [0.15, 0.2) is 58.1 Å². The van der Waals surface area contributed by atoms with Gasteiger partial charge < -0.3 is 15.1 Å². The van der Waals surface area contributed by atoms with Crippen LogP contribution in [0, 0.1) is 19.7 Å². The van der Waals surface area contributed by atoms with Gasteiger partial charge in [0.15, 0.2) is 11.7 Å². The largest absolute Gasteiger partial charge is 0.439 e. The maximum atomic E-state index is 13.6. The summed E-state index contributed by atoms with van der Waals surface area (Å²) in [6, 6.07) is 13.3. The Morgan fingerprint density at radius 1 is 1.07 bits per heavy atom. The van der Waals surface area contributed by atoms with E-state index in [4.69, 9.17) is 4.42 Å². The third-order valence-electron chi connectivity index (χ3n) is 4.22. The molecule has 28 heavy (non-hydrogen) atoms. The number of nitrogens with zero attached hydrogens (tertiary/aromatic N) is 2. The molecule has 0 saturated carbocycles. The molecule has 0 spiro atoms. The molecule has 0 aliphatic heterocycles. The van der Waals surface area contributed by atoms with Crippen molar-refractivity contribution >= 4 is 29.9 Å². The Morgan fingerprint density at radius 2 is 1.79 bits per heavy atom. The highest BCUT2D eigenvalue weighted by Crippen LogP contribution is 2.20. The molecule has 7 heteroatoms. The quantitative estimate of drug-likeness (QED) is 0.310. The number of hydrogen-bond donors (Lipinski definition) is 2. The summed E-state index contributed by atoms with van der Waals surface area (Å²) in [7, 11) is 1.68. The van der Waals surface area contributed by atoms with Crippen molar-refractivity contribution in [3.05, 3.63) is 77.1 Å². The molecular weight excluding hydrogens is 470 g/mol. The van der Waals surface area contributed by atoms with E-state index in [1.807, 2.05) is 37.3 Å². The van der Waals surface area contributed by atoms with Crippen LogP contribution in [-0.2, 0) is 13.1 Å². The summed E-state index contributed by atoms with van der Waals surface area (Å²) >= 11 is 0. The molecule has 3 rings (SSSR count). The molecule has 1 heterocycles. The van der Waals surface area contributed by atoms with Crippen LogP contribution >= 0.6 is 24.0 Å². The number of guanidine groups is 1. The van der Waals surface area contributed by atoms with Crippen molar-refractivity contribution in [3.8, 4) is 11.3 Å².